The first-order valence-corrected chi connectivity index (χ1v) is 12.0. The van der Waals surface area contributed by atoms with Crippen LogP contribution in [0.25, 0.3) is 10.8 Å². The molecule has 0 aliphatic carbocycles. The second kappa shape index (κ2) is 9.97. The van der Waals surface area contributed by atoms with Crippen LogP contribution in [0.3, 0.4) is 0 Å². The highest BCUT2D eigenvalue weighted by molar-refractivity contribution is 6.31. The van der Waals surface area contributed by atoms with E-state index in [1.807, 2.05) is 62.5 Å². The van der Waals surface area contributed by atoms with Gasteiger partial charge in [-0.3, -0.25) is 4.79 Å². The Hall–Kier alpha value is -3.56. The summed E-state index contributed by atoms with van der Waals surface area (Å²) in [4.78, 5) is 28.3. The third-order valence-electron chi connectivity index (χ3n) is 7.39. The van der Waals surface area contributed by atoms with Crippen LogP contribution in [0.2, 0.25) is 5.02 Å². The average Bonchev–Trinajstić information content (AvgIpc) is 2.87. The van der Waals surface area contributed by atoms with Crippen LogP contribution in [-0.4, -0.2) is 47.0 Å². The van der Waals surface area contributed by atoms with E-state index in [1.165, 1.54) is 4.90 Å². The van der Waals surface area contributed by atoms with Crippen molar-refractivity contribution in [1.82, 2.24) is 9.80 Å². The molecule has 3 aromatic rings. The van der Waals surface area contributed by atoms with Gasteiger partial charge in [-0.25, -0.2) is 4.79 Å². The Kier molecular flexibility index (Phi) is 7.00. The molecule has 0 saturated carbocycles. The topological polar surface area (TPSA) is 84.6 Å². The first-order valence-electron chi connectivity index (χ1n) is 11.7. The molecule has 0 aromatic heterocycles. The van der Waals surface area contributed by atoms with Crippen molar-refractivity contribution in [2.75, 3.05) is 20.1 Å². The van der Waals surface area contributed by atoms with Crippen LogP contribution in [-0.2, 0) is 10.2 Å². The maximum absolute atomic E-state index is 13.7. The zero-order valence-corrected chi connectivity index (χ0v) is 20.6. The maximum Gasteiger partial charge on any atom is 0.407 e. The Morgan fingerprint density at radius 3 is 2.43 bits per heavy atom. The van der Waals surface area contributed by atoms with Gasteiger partial charge in [0.05, 0.1) is 17.7 Å². The minimum atomic E-state index is -0.941. The molecule has 0 spiro atoms. The summed E-state index contributed by atoms with van der Waals surface area (Å²) in [6.07, 6.45) is 0.396. The number of carbonyl (C=O) groups is 2. The van der Waals surface area contributed by atoms with Gasteiger partial charge in [0.25, 0.3) is 0 Å². The minimum absolute atomic E-state index is 0.0188. The molecule has 3 aromatic carbocycles. The van der Waals surface area contributed by atoms with Crippen LogP contribution in [0.5, 0.6) is 0 Å². The van der Waals surface area contributed by atoms with Crippen LogP contribution in [0.15, 0.2) is 60.7 Å². The number of halogens is 1. The third-order valence-corrected chi connectivity index (χ3v) is 7.61. The van der Waals surface area contributed by atoms with Crippen LogP contribution < -0.4 is 0 Å². The molecule has 1 saturated heterocycles. The number of carbonyl (C=O) groups excluding carboxylic acids is 1. The molecule has 1 heterocycles. The number of hydrogen-bond donors (Lipinski definition) is 1. The largest absolute Gasteiger partial charge is 0.465 e. The molecule has 0 radical (unpaired) electrons. The van der Waals surface area contributed by atoms with Crippen molar-refractivity contribution in [3.63, 3.8) is 0 Å². The van der Waals surface area contributed by atoms with E-state index < -0.39 is 11.5 Å². The van der Waals surface area contributed by atoms with Gasteiger partial charge < -0.3 is 14.9 Å². The van der Waals surface area contributed by atoms with Crippen molar-refractivity contribution < 1.29 is 14.7 Å². The summed E-state index contributed by atoms with van der Waals surface area (Å²) in [6.45, 7) is 2.72. The van der Waals surface area contributed by atoms with Gasteiger partial charge in [-0.15, -0.1) is 0 Å². The van der Waals surface area contributed by atoms with Gasteiger partial charge in [-0.1, -0.05) is 48.0 Å². The van der Waals surface area contributed by atoms with E-state index in [1.54, 1.807) is 17.0 Å². The number of piperidine rings is 1. The van der Waals surface area contributed by atoms with Gasteiger partial charge >= 0.3 is 6.09 Å². The SMILES string of the molecule is CC(c1cc(Cl)cc2ccccc12)N(C)C(=O)CC1(c2ccc(C#N)cc2)CCN(C(=O)O)CC1. The highest BCUT2D eigenvalue weighted by Gasteiger charge is 2.40. The number of nitrogens with zero attached hydrogens (tertiary/aromatic N) is 3. The monoisotopic (exact) mass is 489 g/mol. The van der Waals surface area contributed by atoms with Gasteiger partial charge in [0.2, 0.25) is 5.91 Å². The molecule has 1 aliphatic rings. The van der Waals surface area contributed by atoms with Crippen LogP contribution in [0, 0.1) is 11.3 Å². The number of benzene rings is 3. The Labute approximate surface area is 210 Å². The number of carboxylic acid groups (broad SMARTS) is 1. The highest BCUT2D eigenvalue weighted by atomic mass is 35.5. The van der Waals surface area contributed by atoms with Crippen LogP contribution in [0.1, 0.15) is 48.9 Å². The fraction of sp³-hybridized carbons (Fsp3) is 0.321. The van der Waals surface area contributed by atoms with Crippen molar-refractivity contribution in [2.24, 2.45) is 0 Å². The summed E-state index contributed by atoms with van der Waals surface area (Å²) >= 11 is 6.39. The zero-order valence-electron chi connectivity index (χ0n) is 19.9. The Balaban J connectivity index is 1.62. The van der Waals surface area contributed by atoms with Crippen molar-refractivity contribution in [3.05, 3.63) is 82.4 Å². The van der Waals surface area contributed by atoms with Crippen molar-refractivity contribution in [1.29, 1.82) is 5.26 Å². The molecular weight excluding hydrogens is 462 g/mol. The van der Waals surface area contributed by atoms with Gasteiger partial charge in [0.1, 0.15) is 0 Å². The zero-order chi connectivity index (χ0) is 25.2. The van der Waals surface area contributed by atoms with Gasteiger partial charge in [-0.05, 0) is 65.9 Å². The van der Waals surface area contributed by atoms with E-state index >= 15 is 0 Å². The normalized spacial score (nSPS) is 15.9. The predicted octanol–water partition coefficient (Wildman–Crippen LogP) is 5.99. The lowest BCUT2D eigenvalue weighted by molar-refractivity contribution is -0.133. The Morgan fingerprint density at radius 2 is 1.80 bits per heavy atom. The summed E-state index contributed by atoms with van der Waals surface area (Å²) in [5.74, 6) is -0.0188. The van der Waals surface area contributed by atoms with Crippen LogP contribution in [0.4, 0.5) is 4.79 Å². The number of fused-ring (bicyclic) bond motifs is 1. The number of likely N-dealkylation sites (tertiary alicyclic amines) is 1. The molecule has 1 aliphatic heterocycles. The fourth-order valence-corrected chi connectivity index (χ4v) is 5.31. The Bertz CT molecular complexity index is 1290. The lowest BCUT2D eigenvalue weighted by atomic mass is 9.70. The van der Waals surface area contributed by atoms with E-state index in [9.17, 15) is 20.0 Å². The van der Waals surface area contributed by atoms with E-state index in [2.05, 4.69) is 6.07 Å². The first kappa shape index (κ1) is 24.6. The summed E-state index contributed by atoms with van der Waals surface area (Å²) in [5, 5.41) is 21.3. The van der Waals surface area contributed by atoms with Gasteiger partial charge in [0.15, 0.2) is 0 Å². The molecule has 0 bridgehead atoms. The molecule has 1 fully saturated rings. The molecule has 4 rings (SSSR count). The molecule has 1 unspecified atom stereocenters. The third kappa shape index (κ3) is 4.96. The second-order valence-corrected chi connectivity index (χ2v) is 9.75. The highest BCUT2D eigenvalue weighted by Crippen LogP contribution is 2.40. The summed E-state index contributed by atoms with van der Waals surface area (Å²) in [7, 11) is 1.81. The van der Waals surface area contributed by atoms with Crippen LogP contribution >= 0.6 is 11.6 Å². The summed E-state index contributed by atoms with van der Waals surface area (Å²) < 4.78 is 0. The van der Waals surface area contributed by atoms with Crippen molar-refractivity contribution >= 4 is 34.4 Å². The van der Waals surface area contributed by atoms with Gasteiger partial charge in [0, 0.05) is 37.0 Å². The van der Waals surface area contributed by atoms with E-state index in [-0.39, 0.29) is 18.4 Å². The number of rotatable bonds is 5. The molecule has 2 amide bonds. The second-order valence-electron chi connectivity index (χ2n) is 9.31. The van der Waals surface area contributed by atoms with Crippen molar-refractivity contribution in [3.8, 4) is 6.07 Å². The molecule has 6 nitrogen and oxygen atoms in total. The van der Waals surface area contributed by atoms with Gasteiger partial charge in [-0.2, -0.15) is 5.26 Å². The molecule has 180 valence electrons. The molecule has 7 heteroatoms. The van der Waals surface area contributed by atoms with E-state index in [4.69, 9.17) is 11.6 Å². The molecule has 35 heavy (non-hydrogen) atoms. The number of nitriles is 1. The molecule has 1 N–H and O–H groups in total. The quantitative estimate of drug-likeness (QED) is 0.477. The average molecular weight is 490 g/mol. The lowest BCUT2D eigenvalue weighted by Crippen LogP contribution is -2.47. The summed E-state index contributed by atoms with van der Waals surface area (Å²) in [5.41, 5.74) is 2.00. The Morgan fingerprint density at radius 1 is 1.14 bits per heavy atom. The lowest BCUT2D eigenvalue weighted by Gasteiger charge is -2.42. The smallest absolute Gasteiger partial charge is 0.407 e. The predicted molar refractivity (Wildman–Crippen MR) is 136 cm³/mol. The molecule has 1 atom stereocenters. The standard InChI is InChI=1S/C28H28ClN3O3/c1-19(25-16-23(29)15-21-5-3-4-6-24(21)25)31(2)26(33)17-28(11-13-32(14-12-28)27(34)35)22-9-7-20(18-30)8-10-22/h3-10,15-16,19H,11-14,17H2,1-2H3,(H,34,35). The number of amides is 2. The summed E-state index contributed by atoms with van der Waals surface area (Å²) in [6, 6.07) is 21.1. The maximum atomic E-state index is 13.7. The first-order chi connectivity index (χ1) is 16.7. The van der Waals surface area contributed by atoms with Crippen molar-refractivity contribution in [2.45, 2.75) is 37.6 Å². The molecular formula is C28H28ClN3O3. The number of hydrogen-bond acceptors (Lipinski definition) is 3. The van der Waals surface area contributed by atoms with E-state index in [0.717, 1.165) is 21.9 Å². The van der Waals surface area contributed by atoms with E-state index in [0.29, 0.717) is 36.5 Å². The minimum Gasteiger partial charge on any atom is -0.465 e. The fourth-order valence-electron chi connectivity index (χ4n) is 5.08.